The summed E-state index contributed by atoms with van der Waals surface area (Å²) >= 11 is 11.7. The topological polar surface area (TPSA) is 61.6 Å². The zero-order valence-electron chi connectivity index (χ0n) is 9.41. The maximum Gasteiger partial charge on any atom is 0.152 e. The number of aromatic nitrogens is 2. The van der Waals surface area contributed by atoms with Crippen LogP contribution in [-0.4, -0.2) is 9.97 Å². The lowest BCUT2D eigenvalue weighted by Gasteiger charge is -2.08. The number of nitrogens with one attached hydrogen (secondary N) is 1. The first-order valence-corrected chi connectivity index (χ1v) is 5.81. The average Bonchev–Trinajstić information content (AvgIpc) is 2.34. The molecule has 1 N–H and O–H groups in total. The molecule has 1 aromatic heterocycles. The van der Waals surface area contributed by atoms with Gasteiger partial charge in [-0.05, 0) is 25.1 Å². The van der Waals surface area contributed by atoms with Crippen molar-refractivity contribution in [2.45, 2.75) is 6.92 Å². The third-order valence-corrected chi connectivity index (χ3v) is 2.95. The van der Waals surface area contributed by atoms with E-state index in [-0.39, 0.29) is 0 Å². The molecule has 1 aromatic carbocycles. The van der Waals surface area contributed by atoms with E-state index in [0.29, 0.717) is 32.9 Å². The van der Waals surface area contributed by atoms with Gasteiger partial charge in [-0.1, -0.05) is 23.2 Å². The highest BCUT2D eigenvalue weighted by molar-refractivity contribution is 6.42. The number of hydrogen-bond donors (Lipinski definition) is 1. The Bertz CT molecular complexity index is 634. The van der Waals surface area contributed by atoms with Crippen molar-refractivity contribution >= 4 is 34.7 Å². The van der Waals surface area contributed by atoms with Gasteiger partial charge in [0.1, 0.15) is 17.5 Å². The Kier molecular flexibility index (Phi) is 3.66. The first-order chi connectivity index (χ1) is 8.60. The first-order valence-electron chi connectivity index (χ1n) is 5.06. The molecule has 90 valence electrons. The minimum Gasteiger partial charge on any atom is -0.339 e. The largest absolute Gasteiger partial charge is 0.339 e. The van der Waals surface area contributed by atoms with Crippen molar-refractivity contribution in [2.24, 2.45) is 0 Å². The van der Waals surface area contributed by atoms with Crippen LogP contribution >= 0.6 is 23.2 Å². The molecule has 0 unspecified atom stereocenters. The minimum atomic E-state index is 0.367. The van der Waals surface area contributed by atoms with Gasteiger partial charge in [0.05, 0.1) is 16.2 Å². The van der Waals surface area contributed by atoms with Crippen molar-refractivity contribution < 1.29 is 0 Å². The van der Waals surface area contributed by atoms with E-state index in [1.54, 1.807) is 25.1 Å². The fraction of sp³-hybridized carbons (Fsp3) is 0.0833. The monoisotopic (exact) mass is 278 g/mol. The SMILES string of the molecule is Cc1ncc(C#N)c(Nc2ccc(Cl)c(Cl)c2)n1. The van der Waals surface area contributed by atoms with Crippen LogP contribution in [0.15, 0.2) is 24.4 Å². The molecule has 0 saturated heterocycles. The Morgan fingerprint density at radius 1 is 1.28 bits per heavy atom. The molecule has 0 saturated carbocycles. The van der Waals surface area contributed by atoms with Gasteiger partial charge >= 0.3 is 0 Å². The number of benzene rings is 1. The number of aryl methyl sites for hydroxylation is 1. The van der Waals surface area contributed by atoms with Crippen LogP contribution in [0.2, 0.25) is 10.0 Å². The summed E-state index contributed by atoms with van der Waals surface area (Å²) in [5.41, 5.74) is 1.07. The summed E-state index contributed by atoms with van der Waals surface area (Å²) in [6, 6.07) is 7.12. The van der Waals surface area contributed by atoms with Gasteiger partial charge in [-0.3, -0.25) is 0 Å². The Hall–Kier alpha value is -1.83. The number of nitriles is 1. The second-order valence-corrected chi connectivity index (χ2v) is 4.36. The molecule has 0 atom stereocenters. The van der Waals surface area contributed by atoms with E-state index in [0.717, 1.165) is 0 Å². The second-order valence-electron chi connectivity index (χ2n) is 3.55. The van der Waals surface area contributed by atoms with E-state index in [1.807, 2.05) is 6.07 Å². The van der Waals surface area contributed by atoms with E-state index in [4.69, 9.17) is 28.5 Å². The zero-order valence-corrected chi connectivity index (χ0v) is 10.9. The number of rotatable bonds is 2. The average molecular weight is 279 g/mol. The van der Waals surface area contributed by atoms with Crippen LogP contribution in [0.1, 0.15) is 11.4 Å². The highest BCUT2D eigenvalue weighted by Crippen LogP contribution is 2.27. The summed E-state index contributed by atoms with van der Waals surface area (Å²) in [7, 11) is 0. The van der Waals surface area contributed by atoms with Crippen molar-refractivity contribution in [1.29, 1.82) is 5.26 Å². The fourth-order valence-corrected chi connectivity index (χ4v) is 1.66. The number of anilines is 2. The summed E-state index contributed by atoms with van der Waals surface area (Å²) in [5.74, 6) is 1.03. The molecular formula is C12H8Cl2N4. The summed E-state index contributed by atoms with van der Waals surface area (Å²) in [4.78, 5) is 8.13. The molecule has 2 rings (SSSR count). The molecule has 0 bridgehead atoms. The van der Waals surface area contributed by atoms with Crippen LogP contribution in [0.25, 0.3) is 0 Å². The van der Waals surface area contributed by atoms with Crippen LogP contribution < -0.4 is 5.32 Å². The highest BCUT2D eigenvalue weighted by Gasteiger charge is 2.06. The number of hydrogen-bond acceptors (Lipinski definition) is 4. The lowest BCUT2D eigenvalue weighted by molar-refractivity contribution is 1.05. The smallest absolute Gasteiger partial charge is 0.152 e. The van der Waals surface area contributed by atoms with E-state index >= 15 is 0 Å². The van der Waals surface area contributed by atoms with Crippen LogP contribution in [-0.2, 0) is 0 Å². The van der Waals surface area contributed by atoms with Gasteiger partial charge in [0, 0.05) is 5.69 Å². The molecule has 0 amide bonds. The molecule has 0 aliphatic heterocycles. The molecule has 1 heterocycles. The van der Waals surface area contributed by atoms with Crippen molar-refractivity contribution in [3.63, 3.8) is 0 Å². The number of nitrogens with zero attached hydrogens (tertiary/aromatic N) is 3. The molecule has 6 heteroatoms. The molecule has 0 aliphatic rings. The minimum absolute atomic E-state index is 0.367. The second kappa shape index (κ2) is 5.21. The summed E-state index contributed by atoms with van der Waals surface area (Å²) in [6.07, 6.45) is 1.47. The fourth-order valence-electron chi connectivity index (χ4n) is 1.36. The van der Waals surface area contributed by atoms with E-state index in [1.165, 1.54) is 6.20 Å². The molecule has 0 radical (unpaired) electrons. The predicted molar refractivity (Wildman–Crippen MR) is 71.2 cm³/mol. The lowest BCUT2D eigenvalue weighted by atomic mass is 10.3. The first kappa shape index (κ1) is 12.6. The van der Waals surface area contributed by atoms with E-state index in [9.17, 15) is 0 Å². The highest BCUT2D eigenvalue weighted by atomic mass is 35.5. The van der Waals surface area contributed by atoms with Gasteiger partial charge in [0.2, 0.25) is 0 Å². The quantitative estimate of drug-likeness (QED) is 0.910. The predicted octanol–water partition coefficient (Wildman–Crippen LogP) is 3.71. The normalized spacial score (nSPS) is 9.89. The molecule has 2 aromatic rings. The Balaban J connectivity index is 2.36. The molecule has 0 aliphatic carbocycles. The maximum absolute atomic E-state index is 8.97. The summed E-state index contributed by atoms with van der Waals surface area (Å²) < 4.78 is 0. The van der Waals surface area contributed by atoms with Gasteiger partial charge < -0.3 is 5.32 Å². The molecule has 0 spiro atoms. The van der Waals surface area contributed by atoms with Crippen LogP contribution in [0.5, 0.6) is 0 Å². The van der Waals surface area contributed by atoms with E-state index < -0.39 is 0 Å². The van der Waals surface area contributed by atoms with Crippen molar-refractivity contribution in [1.82, 2.24) is 9.97 Å². The Morgan fingerprint density at radius 3 is 2.72 bits per heavy atom. The number of halogens is 2. The van der Waals surface area contributed by atoms with Crippen molar-refractivity contribution in [3.8, 4) is 6.07 Å². The van der Waals surface area contributed by atoms with Crippen LogP contribution in [0, 0.1) is 18.3 Å². The van der Waals surface area contributed by atoms with Gasteiger partial charge in [0.15, 0.2) is 5.82 Å². The third-order valence-electron chi connectivity index (χ3n) is 2.21. The molecule has 18 heavy (non-hydrogen) atoms. The molecule has 4 nitrogen and oxygen atoms in total. The van der Waals surface area contributed by atoms with Crippen molar-refractivity contribution in [2.75, 3.05) is 5.32 Å². The third kappa shape index (κ3) is 2.70. The Morgan fingerprint density at radius 2 is 2.06 bits per heavy atom. The van der Waals surface area contributed by atoms with Gasteiger partial charge in [-0.2, -0.15) is 5.26 Å². The summed E-state index contributed by atoms with van der Waals surface area (Å²) in [6.45, 7) is 1.75. The molecule has 0 fully saturated rings. The van der Waals surface area contributed by atoms with E-state index in [2.05, 4.69) is 15.3 Å². The van der Waals surface area contributed by atoms with Gasteiger partial charge in [0.25, 0.3) is 0 Å². The molecular weight excluding hydrogens is 271 g/mol. The van der Waals surface area contributed by atoms with Gasteiger partial charge in [-0.15, -0.1) is 0 Å². The van der Waals surface area contributed by atoms with Crippen molar-refractivity contribution in [3.05, 3.63) is 45.8 Å². The van der Waals surface area contributed by atoms with Crippen LogP contribution in [0.4, 0.5) is 11.5 Å². The Labute approximate surface area is 114 Å². The van der Waals surface area contributed by atoms with Crippen LogP contribution in [0.3, 0.4) is 0 Å². The zero-order chi connectivity index (χ0) is 13.1. The summed E-state index contributed by atoms with van der Waals surface area (Å²) in [5, 5.41) is 12.9. The lowest BCUT2D eigenvalue weighted by Crippen LogP contribution is -2.00. The van der Waals surface area contributed by atoms with Gasteiger partial charge in [-0.25, -0.2) is 9.97 Å². The maximum atomic E-state index is 8.97. The standard InChI is InChI=1S/C12H8Cl2N4/c1-7-16-6-8(5-15)12(17-7)18-9-2-3-10(13)11(14)4-9/h2-4,6H,1H3,(H,16,17,18).